The van der Waals surface area contributed by atoms with Crippen LogP contribution in [0.25, 0.3) is 0 Å². The van der Waals surface area contributed by atoms with Crippen molar-refractivity contribution in [2.75, 3.05) is 13.2 Å². The van der Waals surface area contributed by atoms with Crippen molar-refractivity contribution < 1.29 is 14.3 Å². The second-order valence-corrected chi connectivity index (χ2v) is 3.16. The van der Waals surface area contributed by atoms with E-state index in [1.807, 2.05) is 0 Å². The predicted octanol–water partition coefficient (Wildman–Crippen LogP) is 1.08. The zero-order valence-electron chi connectivity index (χ0n) is 8.58. The summed E-state index contributed by atoms with van der Waals surface area (Å²) in [5.41, 5.74) is 0.774. The summed E-state index contributed by atoms with van der Waals surface area (Å²) < 4.78 is 4.78. The highest BCUT2D eigenvalue weighted by Gasteiger charge is 2.21. The van der Waals surface area contributed by atoms with Crippen LogP contribution in [0.4, 0.5) is 0 Å². The van der Waals surface area contributed by atoms with Gasteiger partial charge in [0, 0.05) is 25.2 Å². The Labute approximate surface area is 83.5 Å². The molecule has 1 amide bonds. The maximum atomic E-state index is 11.1. The SMILES string of the molecule is CCOC(=O)C=C1CCCN1C(C)=O. The summed E-state index contributed by atoms with van der Waals surface area (Å²) in [7, 11) is 0. The van der Waals surface area contributed by atoms with Gasteiger partial charge >= 0.3 is 5.97 Å². The van der Waals surface area contributed by atoms with Crippen LogP contribution in [0.3, 0.4) is 0 Å². The third-order valence-corrected chi connectivity index (χ3v) is 2.11. The number of hydrogen-bond acceptors (Lipinski definition) is 3. The summed E-state index contributed by atoms with van der Waals surface area (Å²) in [5.74, 6) is -0.381. The van der Waals surface area contributed by atoms with Crippen LogP contribution >= 0.6 is 0 Å². The average Bonchev–Trinajstić information content (AvgIpc) is 2.52. The molecule has 0 aromatic rings. The van der Waals surface area contributed by atoms with Gasteiger partial charge in [-0.25, -0.2) is 4.79 Å². The van der Waals surface area contributed by atoms with E-state index in [1.54, 1.807) is 11.8 Å². The van der Waals surface area contributed by atoms with E-state index < -0.39 is 0 Å². The fourth-order valence-electron chi connectivity index (χ4n) is 1.53. The van der Waals surface area contributed by atoms with Crippen LogP contribution in [0.1, 0.15) is 26.7 Å². The molecule has 0 bridgehead atoms. The molecule has 0 radical (unpaired) electrons. The molecular formula is C10H15NO3. The van der Waals surface area contributed by atoms with Crippen LogP contribution < -0.4 is 0 Å². The van der Waals surface area contributed by atoms with E-state index >= 15 is 0 Å². The number of allylic oxidation sites excluding steroid dienone is 1. The van der Waals surface area contributed by atoms with Crippen LogP contribution in [-0.4, -0.2) is 29.9 Å². The Balaban J connectivity index is 2.66. The lowest BCUT2D eigenvalue weighted by molar-refractivity contribution is -0.137. The smallest absolute Gasteiger partial charge is 0.332 e. The zero-order chi connectivity index (χ0) is 10.6. The second-order valence-electron chi connectivity index (χ2n) is 3.16. The molecule has 4 heteroatoms. The molecule has 1 aliphatic rings. The first-order chi connectivity index (χ1) is 6.65. The summed E-state index contributed by atoms with van der Waals surface area (Å²) in [5, 5.41) is 0. The third-order valence-electron chi connectivity index (χ3n) is 2.11. The minimum atomic E-state index is -0.365. The van der Waals surface area contributed by atoms with Crippen molar-refractivity contribution in [3.8, 4) is 0 Å². The van der Waals surface area contributed by atoms with E-state index in [-0.39, 0.29) is 11.9 Å². The molecule has 0 atom stereocenters. The third kappa shape index (κ3) is 2.58. The number of nitrogens with zero attached hydrogens (tertiary/aromatic N) is 1. The summed E-state index contributed by atoms with van der Waals surface area (Å²) in [6.07, 6.45) is 3.11. The van der Waals surface area contributed by atoms with Gasteiger partial charge in [-0.3, -0.25) is 4.79 Å². The molecule has 1 saturated heterocycles. The highest BCUT2D eigenvalue weighted by atomic mass is 16.5. The first-order valence-corrected chi connectivity index (χ1v) is 4.80. The quantitative estimate of drug-likeness (QED) is 0.491. The minimum absolute atomic E-state index is 0.0157. The van der Waals surface area contributed by atoms with Crippen molar-refractivity contribution in [1.82, 2.24) is 4.90 Å². The van der Waals surface area contributed by atoms with Crippen LogP contribution in [0, 0.1) is 0 Å². The van der Waals surface area contributed by atoms with Gasteiger partial charge < -0.3 is 9.64 Å². The lowest BCUT2D eigenvalue weighted by Gasteiger charge is -2.14. The lowest BCUT2D eigenvalue weighted by atomic mass is 10.3. The second kappa shape index (κ2) is 4.79. The molecule has 1 heterocycles. The number of amides is 1. The fourth-order valence-corrected chi connectivity index (χ4v) is 1.53. The molecule has 1 rings (SSSR count). The Hall–Kier alpha value is -1.32. The molecule has 1 fully saturated rings. The lowest BCUT2D eigenvalue weighted by Crippen LogP contribution is -2.23. The summed E-state index contributed by atoms with van der Waals surface area (Å²) in [6, 6.07) is 0. The monoisotopic (exact) mass is 197 g/mol. The van der Waals surface area contributed by atoms with E-state index in [1.165, 1.54) is 13.0 Å². The van der Waals surface area contributed by atoms with Crippen molar-refractivity contribution in [3.63, 3.8) is 0 Å². The maximum absolute atomic E-state index is 11.1. The minimum Gasteiger partial charge on any atom is -0.463 e. The highest BCUT2D eigenvalue weighted by molar-refractivity contribution is 5.84. The van der Waals surface area contributed by atoms with E-state index in [2.05, 4.69) is 0 Å². The topological polar surface area (TPSA) is 46.6 Å². The van der Waals surface area contributed by atoms with Gasteiger partial charge in [0.2, 0.25) is 5.91 Å². The van der Waals surface area contributed by atoms with E-state index in [4.69, 9.17) is 4.74 Å². The Kier molecular flexibility index (Phi) is 3.68. The number of likely N-dealkylation sites (tertiary alicyclic amines) is 1. The van der Waals surface area contributed by atoms with E-state index in [0.29, 0.717) is 13.2 Å². The Morgan fingerprint density at radius 3 is 2.86 bits per heavy atom. The van der Waals surface area contributed by atoms with Gasteiger partial charge in [0.1, 0.15) is 0 Å². The maximum Gasteiger partial charge on any atom is 0.332 e. The van der Waals surface area contributed by atoms with Crippen molar-refractivity contribution in [2.45, 2.75) is 26.7 Å². The van der Waals surface area contributed by atoms with Crippen molar-refractivity contribution in [2.24, 2.45) is 0 Å². The normalized spacial score (nSPS) is 18.7. The number of ether oxygens (including phenoxy) is 1. The van der Waals surface area contributed by atoms with E-state index in [0.717, 1.165) is 18.5 Å². The molecule has 0 spiro atoms. The predicted molar refractivity (Wildman–Crippen MR) is 51.3 cm³/mol. The van der Waals surface area contributed by atoms with Crippen LogP contribution in [0.5, 0.6) is 0 Å². The van der Waals surface area contributed by atoms with Crippen LogP contribution in [-0.2, 0) is 14.3 Å². The summed E-state index contributed by atoms with van der Waals surface area (Å²) >= 11 is 0. The van der Waals surface area contributed by atoms with Crippen LogP contribution in [0.2, 0.25) is 0 Å². The summed E-state index contributed by atoms with van der Waals surface area (Å²) in [4.78, 5) is 23.9. The molecule has 0 unspecified atom stereocenters. The van der Waals surface area contributed by atoms with Gasteiger partial charge in [0.05, 0.1) is 6.61 Å². The highest BCUT2D eigenvalue weighted by Crippen LogP contribution is 2.20. The number of carbonyl (C=O) groups excluding carboxylic acids is 2. The molecule has 14 heavy (non-hydrogen) atoms. The molecule has 0 saturated carbocycles. The largest absolute Gasteiger partial charge is 0.463 e. The van der Waals surface area contributed by atoms with Gasteiger partial charge in [0.25, 0.3) is 0 Å². The average molecular weight is 197 g/mol. The molecule has 0 N–H and O–H groups in total. The van der Waals surface area contributed by atoms with Crippen molar-refractivity contribution in [3.05, 3.63) is 11.8 Å². The summed E-state index contributed by atoms with van der Waals surface area (Å²) in [6.45, 7) is 4.33. The molecule has 0 aliphatic carbocycles. The van der Waals surface area contributed by atoms with Crippen molar-refractivity contribution in [1.29, 1.82) is 0 Å². The molecule has 0 aromatic heterocycles. The number of rotatable bonds is 2. The molecule has 0 aromatic carbocycles. The number of carbonyl (C=O) groups is 2. The molecule has 1 aliphatic heterocycles. The fraction of sp³-hybridized carbons (Fsp3) is 0.600. The number of hydrogen-bond donors (Lipinski definition) is 0. The van der Waals surface area contributed by atoms with E-state index in [9.17, 15) is 9.59 Å². The standard InChI is InChI=1S/C10H15NO3/c1-3-14-10(13)7-9-5-4-6-11(9)8(2)12/h7H,3-6H2,1-2H3. The van der Waals surface area contributed by atoms with Gasteiger partial charge in [-0.15, -0.1) is 0 Å². The van der Waals surface area contributed by atoms with Gasteiger partial charge in [-0.05, 0) is 19.8 Å². The Morgan fingerprint density at radius 1 is 1.57 bits per heavy atom. The van der Waals surface area contributed by atoms with Gasteiger partial charge in [-0.1, -0.05) is 0 Å². The zero-order valence-corrected chi connectivity index (χ0v) is 8.58. The number of esters is 1. The van der Waals surface area contributed by atoms with Gasteiger partial charge in [0.15, 0.2) is 0 Å². The first-order valence-electron chi connectivity index (χ1n) is 4.80. The Bertz CT molecular complexity index is 271. The first kappa shape index (κ1) is 10.8. The van der Waals surface area contributed by atoms with Crippen molar-refractivity contribution >= 4 is 11.9 Å². The van der Waals surface area contributed by atoms with Crippen LogP contribution in [0.15, 0.2) is 11.8 Å². The molecule has 4 nitrogen and oxygen atoms in total. The molecule has 78 valence electrons. The van der Waals surface area contributed by atoms with Gasteiger partial charge in [-0.2, -0.15) is 0 Å². The Morgan fingerprint density at radius 2 is 2.29 bits per heavy atom. The molecular weight excluding hydrogens is 182 g/mol.